The van der Waals surface area contributed by atoms with Crippen LogP contribution in [0.2, 0.25) is 0 Å². The number of carbonyl (C=O) groups is 1. The number of hydrogen-bond donors (Lipinski definition) is 1. The predicted octanol–water partition coefficient (Wildman–Crippen LogP) is 7.32. The molecule has 0 spiro atoms. The Hall–Kier alpha value is -3.58. The number of benzene rings is 2. The van der Waals surface area contributed by atoms with Crippen molar-refractivity contribution in [1.29, 1.82) is 5.26 Å². The summed E-state index contributed by atoms with van der Waals surface area (Å²) < 4.78 is 2.26. The summed E-state index contributed by atoms with van der Waals surface area (Å²) in [6.45, 7) is 4.19. The summed E-state index contributed by atoms with van der Waals surface area (Å²) in [5.74, 6) is 1.85. The van der Waals surface area contributed by atoms with Gasteiger partial charge in [-0.2, -0.15) is 5.26 Å². The second-order valence-electron chi connectivity index (χ2n) is 11.5. The summed E-state index contributed by atoms with van der Waals surface area (Å²) in [6.07, 6.45) is 10.4. The molecule has 1 heterocycles. The molecule has 4 heteroatoms. The summed E-state index contributed by atoms with van der Waals surface area (Å²) in [5.41, 5.74) is 7.75. The molecule has 0 unspecified atom stereocenters. The molecule has 1 N–H and O–H groups in total. The SMILES string of the molecule is Cc1cc(C=C(C#N)c2ccc(C(=O)O)cc2)c(C)n1-c1ccc(C23CC4CC(CC(C4)C2)C3)cc1. The van der Waals surface area contributed by atoms with E-state index in [1.54, 1.807) is 12.1 Å². The van der Waals surface area contributed by atoms with E-state index in [-0.39, 0.29) is 5.56 Å². The average molecular weight is 477 g/mol. The van der Waals surface area contributed by atoms with Crippen LogP contribution in [0.3, 0.4) is 0 Å². The average Bonchev–Trinajstić information content (AvgIpc) is 3.14. The van der Waals surface area contributed by atoms with E-state index in [1.165, 1.54) is 56.2 Å². The van der Waals surface area contributed by atoms with Crippen LogP contribution in [-0.2, 0) is 5.41 Å². The highest BCUT2D eigenvalue weighted by molar-refractivity contribution is 5.92. The van der Waals surface area contributed by atoms with Crippen molar-refractivity contribution in [3.8, 4) is 11.8 Å². The molecule has 0 aliphatic heterocycles. The number of carboxylic acids is 1. The van der Waals surface area contributed by atoms with Crippen molar-refractivity contribution in [2.24, 2.45) is 17.8 Å². The molecule has 0 saturated heterocycles. The molecule has 2 aromatic carbocycles. The van der Waals surface area contributed by atoms with Gasteiger partial charge in [-0.1, -0.05) is 24.3 Å². The number of hydrogen-bond acceptors (Lipinski definition) is 2. The lowest BCUT2D eigenvalue weighted by molar-refractivity contribution is -0.00518. The molecule has 1 aromatic heterocycles. The van der Waals surface area contributed by atoms with Gasteiger partial charge in [0.25, 0.3) is 0 Å². The van der Waals surface area contributed by atoms with Gasteiger partial charge in [0, 0.05) is 17.1 Å². The normalized spacial score (nSPS) is 26.7. The van der Waals surface area contributed by atoms with Gasteiger partial charge in [0.05, 0.1) is 17.2 Å². The van der Waals surface area contributed by atoms with Crippen molar-refractivity contribution in [3.05, 3.63) is 88.2 Å². The monoisotopic (exact) mass is 476 g/mol. The zero-order valence-corrected chi connectivity index (χ0v) is 21.0. The topological polar surface area (TPSA) is 66.0 Å². The Morgan fingerprint density at radius 2 is 1.50 bits per heavy atom. The first-order chi connectivity index (χ1) is 17.3. The molecule has 0 radical (unpaired) electrons. The second kappa shape index (κ2) is 8.52. The first-order valence-electron chi connectivity index (χ1n) is 13.1. The van der Waals surface area contributed by atoms with E-state index in [0.717, 1.165) is 40.4 Å². The van der Waals surface area contributed by atoms with Gasteiger partial charge >= 0.3 is 5.97 Å². The number of aromatic nitrogens is 1. The van der Waals surface area contributed by atoms with Crippen molar-refractivity contribution < 1.29 is 9.90 Å². The van der Waals surface area contributed by atoms with E-state index in [0.29, 0.717) is 16.6 Å². The maximum atomic E-state index is 11.2. The predicted molar refractivity (Wildman–Crippen MR) is 142 cm³/mol. The zero-order chi connectivity index (χ0) is 25.0. The minimum atomic E-state index is -0.971. The molecule has 4 saturated carbocycles. The van der Waals surface area contributed by atoms with E-state index >= 15 is 0 Å². The molecule has 4 bridgehead atoms. The number of allylic oxidation sites excluding steroid dienone is 1. The largest absolute Gasteiger partial charge is 0.478 e. The Labute approximate surface area is 212 Å². The molecular formula is C32H32N2O2. The molecular weight excluding hydrogens is 444 g/mol. The molecule has 3 aromatic rings. The number of nitrogens with zero attached hydrogens (tertiary/aromatic N) is 2. The number of aromatic carboxylic acids is 1. The summed E-state index contributed by atoms with van der Waals surface area (Å²) >= 11 is 0. The van der Waals surface area contributed by atoms with Gasteiger partial charge in [-0.05, 0) is 129 Å². The first kappa shape index (κ1) is 22.9. The van der Waals surface area contributed by atoms with Crippen LogP contribution in [0.1, 0.15) is 77.0 Å². The minimum absolute atomic E-state index is 0.214. The van der Waals surface area contributed by atoms with Gasteiger partial charge < -0.3 is 9.67 Å². The molecule has 36 heavy (non-hydrogen) atoms. The molecule has 7 rings (SSSR count). The summed E-state index contributed by atoms with van der Waals surface area (Å²) in [4.78, 5) is 11.2. The minimum Gasteiger partial charge on any atom is -0.478 e. The van der Waals surface area contributed by atoms with Gasteiger partial charge in [0.15, 0.2) is 0 Å². The highest BCUT2D eigenvalue weighted by Crippen LogP contribution is 2.60. The van der Waals surface area contributed by atoms with Gasteiger partial charge in [-0.3, -0.25) is 0 Å². The van der Waals surface area contributed by atoms with Crippen LogP contribution in [0.25, 0.3) is 17.3 Å². The standard InChI is InChI=1S/C32H32N2O2/c1-20-11-27(15-28(19-33)25-3-5-26(6-4-25)31(35)36)21(2)34(20)30-9-7-29(8-10-30)32-16-22-12-23(17-32)14-24(13-22)18-32/h3-11,15,22-24H,12-14,16-18H2,1-2H3,(H,35,36). The third kappa shape index (κ3) is 3.78. The van der Waals surface area contributed by atoms with Crippen molar-refractivity contribution in [3.63, 3.8) is 0 Å². The first-order valence-corrected chi connectivity index (χ1v) is 13.1. The fourth-order valence-electron chi connectivity index (χ4n) is 7.89. The van der Waals surface area contributed by atoms with E-state index in [9.17, 15) is 10.1 Å². The Balaban J connectivity index is 1.30. The van der Waals surface area contributed by atoms with E-state index in [1.807, 2.05) is 6.08 Å². The van der Waals surface area contributed by atoms with E-state index < -0.39 is 5.97 Å². The highest BCUT2D eigenvalue weighted by atomic mass is 16.4. The van der Waals surface area contributed by atoms with Crippen LogP contribution < -0.4 is 0 Å². The number of aryl methyl sites for hydroxylation is 1. The van der Waals surface area contributed by atoms with Crippen molar-refractivity contribution in [2.45, 2.75) is 57.8 Å². The zero-order valence-electron chi connectivity index (χ0n) is 21.0. The van der Waals surface area contributed by atoms with Gasteiger partial charge in [0.2, 0.25) is 0 Å². The van der Waals surface area contributed by atoms with Crippen LogP contribution in [-0.4, -0.2) is 15.6 Å². The van der Waals surface area contributed by atoms with Crippen molar-refractivity contribution in [1.82, 2.24) is 4.57 Å². The Morgan fingerprint density at radius 1 is 0.944 bits per heavy atom. The van der Waals surface area contributed by atoms with Crippen molar-refractivity contribution in [2.75, 3.05) is 0 Å². The van der Waals surface area contributed by atoms with Gasteiger partial charge in [-0.15, -0.1) is 0 Å². The Bertz CT molecular complexity index is 1360. The summed E-state index contributed by atoms with van der Waals surface area (Å²) in [7, 11) is 0. The van der Waals surface area contributed by atoms with Crippen LogP contribution in [0, 0.1) is 42.9 Å². The van der Waals surface area contributed by atoms with Crippen molar-refractivity contribution >= 4 is 17.6 Å². The lowest BCUT2D eigenvalue weighted by Gasteiger charge is -2.57. The molecule has 0 amide bonds. The number of carboxylic acid groups (broad SMARTS) is 1. The highest BCUT2D eigenvalue weighted by Gasteiger charge is 2.51. The van der Waals surface area contributed by atoms with Crippen LogP contribution in [0.15, 0.2) is 54.6 Å². The number of rotatable bonds is 5. The third-order valence-corrected chi connectivity index (χ3v) is 9.11. The lowest BCUT2D eigenvalue weighted by Crippen LogP contribution is -2.48. The van der Waals surface area contributed by atoms with Gasteiger partial charge in [0.1, 0.15) is 0 Å². The molecule has 0 atom stereocenters. The maximum Gasteiger partial charge on any atom is 0.335 e. The van der Waals surface area contributed by atoms with Crippen LogP contribution >= 0.6 is 0 Å². The van der Waals surface area contributed by atoms with E-state index in [4.69, 9.17) is 5.11 Å². The summed E-state index contributed by atoms with van der Waals surface area (Å²) in [6, 6.07) is 20.2. The molecule has 182 valence electrons. The maximum absolute atomic E-state index is 11.2. The van der Waals surface area contributed by atoms with Gasteiger partial charge in [-0.25, -0.2) is 4.79 Å². The fourth-order valence-corrected chi connectivity index (χ4v) is 7.89. The van der Waals surface area contributed by atoms with Crippen LogP contribution in [0.5, 0.6) is 0 Å². The summed E-state index contributed by atoms with van der Waals surface area (Å²) in [5, 5.41) is 19.0. The second-order valence-corrected chi connectivity index (χ2v) is 11.5. The Morgan fingerprint density at radius 3 is 2.03 bits per heavy atom. The van der Waals surface area contributed by atoms with Crippen LogP contribution in [0.4, 0.5) is 0 Å². The Kier molecular flexibility index (Phi) is 5.41. The van der Waals surface area contributed by atoms with E-state index in [2.05, 4.69) is 54.8 Å². The third-order valence-electron chi connectivity index (χ3n) is 9.11. The fraction of sp³-hybridized carbons (Fsp3) is 0.375. The lowest BCUT2D eigenvalue weighted by atomic mass is 9.48. The number of nitriles is 1. The molecule has 4 nitrogen and oxygen atoms in total. The molecule has 4 aliphatic rings. The molecule has 4 fully saturated rings. The molecule has 4 aliphatic carbocycles. The quantitative estimate of drug-likeness (QED) is 0.392. The smallest absolute Gasteiger partial charge is 0.335 e.